The van der Waals surface area contributed by atoms with E-state index in [2.05, 4.69) is 30.7 Å². The molecule has 3 aromatic heterocycles. The second-order valence-electron chi connectivity index (χ2n) is 4.59. The van der Waals surface area contributed by atoms with Gasteiger partial charge in [-0.2, -0.15) is 4.98 Å². The van der Waals surface area contributed by atoms with Crippen molar-refractivity contribution in [1.29, 1.82) is 0 Å². The smallest absolute Gasteiger partial charge is 0.223 e. The highest BCUT2D eigenvalue weighted by Gasteiger charge is 2.10. The van der Waals surface area contributed by atoms with E-state index >= 15 is 0 Å². The molecule has 0 aliphatic carbocycles. The molecule has 104 valence electrons. The van der Waals surface area contributed by atoms with Crippen LogP contribution in [0.2, 0.25) is 0 Å². The van der Waals surface area contributed by atoms with E-state index in [0.717, 1.165) is 11.7 Å². The van der Waals surface area contributed by atoms with Crippen LogP contribution in [-0.2, 0) is 13.1 Å². The minimum atomic E-state index is 0.597. The molecule has 3 rings (SSSR count). The third kappa shape index (κ3) is 2.78. The topological polar surface area (TPSA) is 60.0 Å². The molecule has 3 aromatic rings. The molecular weight excluding hydrogens is 274 g/mol. The van der Waals surface area contributed by atoms with Gasteiger partial charge in [0.25, 0.3) is 0 Å². The van der Waals surface area contributed by atoms with Crippen LogP contribution in [-0.4, -0.2) is 31.6 Å². The van der Waals surface area contributed by atoms with E-state index in [-0.39, 0.29) is 0 Å². The van der Waals surface area contributed by atoms with Crippen molar-refractivity contribution < 1.29 is 4.52 Å². The Morgan fingerprint density at radius 3 is 3.00 bits per heavy atom. The zero-order valence-corrected chi connectivity index (χ0v) is 12.2. The predicted molar refractivity (Wildman–Crippen MR) is 75.6 cm³/mol. The molecule has 0 saturated carbocycles. The fourth-order valence-corrected chi connectivity index (χ4v) is 2.70. The molecule has 3 heterocycles. The Morgan fingerprint density at radius 1 is 1.40 bits per heavy atom. The second-order valence-corrected chi connectivity index (χ2v) is 5.46. The summed E-state index contributed by atoms with van der Waals surface area (Å²) < 4.78 is 7.08. The Labute approximate surface area is 120 Å². The van der Waals surface area contributed by atoms with E-state index in [1.807, 2.05) is 30.9 Å². The standard InChI is InChI=1S/C13H15N5OS/c1-10-15-12(16-19-10)9-17(2)8-11-4-3-6-18(11)13-14-5-7-20-13/h3-7H,8-9H2,1-2H3. The van der Waals surface area contributed by atoms with Gasteiger partial charge in [-0.3, -0.25) is 9.47 Å². The molecule has 0 atom stereocenters. The fourth-order valence-electron chi connectivity index (χ4n) is 2.05. The van der Waals surface area contributed by atoms with Gasteiger partial charge in [0.1, 0.15) is 0 Å². The molecule has 0 aliphatic heterocycles. The van der Waals surface area contributed by atoms with Gasteiger partial charge in [-0.05, 0) is 19.2 Å². The minimum Gasteiger partial charge on any atom is -0.340 e. The summed E-state index contributed by atoms with van der Waals surface area (Å²) in [7, 11) is 2.03. The summed E-state index contributed by atoms with van der Waals surface area (Å²) in [6.45, 7) is 3.24. The van der Waals surface area contributed by atoms with Gasteiger partial charge in [0.15, 0.2) is 11.0 Å². The van der Waals surface area contributed by atoms with Gasteiger partial charge < -0.3 is 4.52 Å². The zero-order valence-electron chi connectivity index (χ0n) is 11.4. The Morgan fingerprint density at radius 2 is 2.30 bits per heavy atom. The highest BCUT2D eigenvalue weighted by Crippen LogP contribution is 2.16. The van der Waals surface area contributed by atoms with Gasteiger partial charge in [0, 0.05) is 36.9 Å². The molecule has 0 aromatic carbocycles. The number of hydrogen-bond donors (Lipinski definition) is 0. The van der Waals surface area contributed by atoms with Crippen LogP contribution < -0.4 is 0 Å². The third-order valence-electron chi connectivity index (χ3n) is 2.87. The Hall–Kier alpha value is -1.99. The van der Waals surface area contributed by atoms with Crippen LogP contribution in [0, 0.1) is 6.92 Å². The van der Waals surface area contributed by atoms with E-state index < -0.39 is 0 Å². The number of thiazole rings is 1. The van der Waals surface area contributed by atoms with Gasteiger partial charge in [-0.1, -0.05) is 5.16 Å². The monoisotopic (exact) mass is 289 g/mol. The van der Waals surface area contributed by atoms with Crippen LogP contribution in [0.15, 0.2) is 34.4 Å². The number of aryl methyl sites for hydroxylation is 1. The average molecular weight is 289 g/mol. The van der Waals surface area contributed by atoms with Crippen molar-refractivity contribution in [3.63, 3.8) is 0 Å². The predicted octanol–water partition coefficient (Wildman–Crippen LogP) is 2.26. The maximum absolute atomic E-state index is 4.98. The largest absolute Gasteiger partial charge is 0.340 e. The Balaban J connectivity index is 1.70. The molecule has 0 bridgehead atoms. The first kappa shape index (κ1) is 13.0. The van der Waals surface area contributed by atoms with Crippen LogP contribution in [0.25, 0.3) is 5.13 Å². The van der Waals surface area contributed by atoms with Crippen LogP contribution in [0.3, 0.4) is 0 Å². The fraction of sp³-hybridized carbons (Fsp3) is 0.308. The summed E-state index contributed by atoms with van der Waals surface area (Å²) in [5.74, 6) is 1.30. The Bertz CT molecular complexity index is 673. The lowest BCUT2D eigenvalue weighted by molar-refractivity contribution is 0.296. The van der Waals surface area contributed by atoms with Crippen molar-refractivity contribution in [3.8, 4) is 5.13 Å². The van der Waals surface area contributed by atoms with Crippen molar-refractivity contribution in [2.75, 3.05) is 7.05 Å². The minimum absolute atomic E-state index is 0.597. The highest BCUT2D eigenvalue weighted by molar-refractivity contribution is 7.12. The average Bonchev–Trinajstić information content (AvgIpc) is 3.10. The molecule has 0 aliphatic rings. The first-order chi connectivity index (χ1) is 9.72. The van der Waals surface area contributed by atoms with Crippen LogP contribution in [0.4, 0.5) is 0 Å². The first-order valence-corrected chi connectivity index (χ1v) is 7.14. The molecule has 0 radical (unpaired) electrons. The van der Waals surface area contributed by atoms with E-state index in [0.29, 0.717) is 18.3 Å². The molecule has 0 fully saturated rings. The summed E-state index contributed by atoms with van der Waals surface area (Å²) in [5, 5.41) is 6.87. The zero-order chi connectivity index (χ0) is 13.9. The van der Waals surface area contributed by atoms with Crippen molar-refractivity contribution >= 4 is 11.3 Å². The number of aromatic nitrogens is 4. The lowest BCUT2D eigenvalue weighted by Crippen LogP contribution is -2.19. The SMILES string of the molecule is Cc1nc(CN(C)Cc2cccn2-c2nccs2)no1. The van der Waals surface area contributed by atoms with E-state index in [1.165, 1.54) is 5.69 Å². The summed E-state index contributed by atoms with van der Waals surface area (Å²) in [5.41, 5.74) is 1.18. The maximum atomic E-state index is 4.98. The summed E-state index contributed by atoms with van der Waals surface area (Å²) in [4.78, 5) is 10.7. The number of rotatable bonds is 5. The number of nitrogens with zero attached hydrogens (tertiary/aromatic N) is 5. The molecule has 7 heteroatoms. The third-order valence-corrected chi connectivity index (χ3v) is 3.64. The van der Waals surface area contributed by atoms with E-state index in [4.69, 9.17) is 4.52 Å². The molecular formula is C13H15N5OS. The molecule has 0 spiro atoms. The van der Waals surface area contributed by atoms with Crippen molar-refractivity contribution in [2.45, 2.75) is 20.0 Å². The summed E-state index contributed by atoms with van der Waals surface area (Å²) in [6.07, 6.45) is 3.84. The first-order valence-electron chi connectivity index (χ1n) is 6.26. The maximum Gasteiger partial charge on any atom is 0.223 e. The molecule has 0 unspecified atom stereocenters. The van der Waals surface area contributed by atoms with E-state index in [1.54, 1.807) is 18.3 Å². The quantitative estimate of drug-likeness (QED) is 0.721. The molecule has 20 heavy (non-hydrogen) atoms. The number of hydrogen-bond acceptors (Lipinski definition) is 6. The lowest BCUT2D eigenvalue weighted by atomic mass is 10.4. The van der Waals surface area contributed by atoms with Crippen LogP contribution in [0.1, 0.15) is 17.4 Å². The molecule has 0 N–H and O–H groups in total. The van der Waals surface area contributed by atoms with Gasteiger partial charge in [0.2, 0.25) is 5.89 Å². The van der Waals surface area contributed by atoms with Gasteiger partial charge in [0.05, 0.1) is 6.54 Å². The summed E-state index contributed by atoms with van der Waals surface area (Å²) >= 11 is 1.62. The van der Waals surface area contributed by atoms with Crippen LogP contribution in [0.5, 0.6) is 0 Å². The van der Waals surface area contributed by atoms with Crippen LogP contribution >= 0.6 is 11.3 Å². The summed E-state index contributed by atoms with van der Waals surface area (Å²) in [6, 6.07) is 4.13. The van der Waals surface area contributed by atoms with Crippen molar-refractivity contribution in [3.05, 3.63) is 47.3 Å². The van der Waals surface area contributed by atoms with Gasteiger partial charge in [-0.25, -0.2) is 4.98 Å². The van der Waals surface area contributed by atoms with E-state index in [9.17, 15) is 0 Å². The molecule has 6 nitrogen and oxygen atoms in total. The van der Waals surface area contributed by atoms with Gasteiger partial charge in [-0.15, -0.1) is 11.3 Å². The molecule has 0 amide bonds. The van der Waals surface area contributed by atoms with Crippen molar-refractivity contribution in [1.82, 2.24) is 24.6 Å². The highest BCUT2D eigenvalue weighted by atomic mass is 32.1. The normalized spacial score (nSPS) is 11.3. The van der Waals surface area contributed by atoms with Gasteiger partial charge >= 0.3 is 0 Å². The molecule has 0 saturated heterocycles. The Kier molecular flexibility index (Phi) is 3.62. The van der Waals surface area contributed by atoms with Crippen molar-refractivity contribution in [2.24, 2.45) is 0 Å². The lowest BCUT2D eigenvalue weighted by Gasteiger charge is -2.15. The second kappa shape index (κ2) is 5.56.